The number of amides is 2. The van der Waals surface area contributed by atoms with E-state index in [9.17, 15) is 9.59 Å². The second-order valence-electron chi connectivity index (χ2n) is 6.89. The molecule has 0 bridgehead atoms. The number of carbonyl (C=O) groups excluding carboxylic acids is 2. The minimum atomic E-state index is -0.324. The molecule has 0 aromatic carbocycles. The molecular weight excluding hydrogens is 252 g/mol. The summed E-state index contributed by atoms with van der Waals surface area (Å²) < 4.78 is 0. The largest absolute Gasteiger partial charge is 0.316 e. The maximum atomic E-state index is 12.8. The van der Waals surface area contributed by atoms with Crippen LogP contribution in [0.1, 0.15) is 57.8 Å². The molecule has 4 nitrogen and oxygen atoms in total. The minimum Gasteiger partial charge on any atom is -0.316 e. The summed E-state index contributed by atoms with van der Waals surface area (Å²) in [6.07, 6.45) is 9.28. The van der Waals surface area contributed by atoms with E-state index >= 15 is 0 Å². The van der Waals surface area contributed by atoms with Crippen LogP contribution < -0.4 is 5.32 Å². The number of piperidine rings is 1. The Hall–Kier alpha value is -0.900. The van der Waals surface area contributed by atoms with E-state index in [4.69, 9.17) is 0 Å². The number of nitrogens with one attached hydrogen (secondary N) is 1. The van der Waals surface area contributed by atoms with Crippen molar-refractivity contribution in [2.45, 2.75) is 57.8 Å². The zero-order valence-electron chi connectivity index (χ0n) is 12.3. The summed E-state index contributed by atoms with van der Waals surface area (Å²) in [5.41, 5.74) is -0.324. The molecule has 112 valence electrons. The number of likely N-dealkylation sites (tertiary alicyclic amines) is 1. The Labute approximate surface area is 121 Å². The van der Waals surface area contributed by atoms with E-state index in [1.54, 1.807) is 4.90 Å². The summed E-state index contributed by atoms with van der Waals surface area (Å²) in [5, 5.41) is 3.37. The highest BCUT2D eigenvalue weighted by molar-refractivity contribution is 6.05. The molecule has 2 saturated heterocycles. The molecule has 20 heavy (non-hydrogen) atoms. The average molecular weight is 278 g/mol. The number of imide groups is 1. The van der Waals surface area contributed by atoms with Crippen molar-refractivity contribution < 1.29 is 9.59 Å². The second kappa shape index (κ2) is 5.84. The molecule has 1 atom stereocenters. The molecule has 0 aromatic heterocycles. The van der Waals surface area contributed by atoms with Crippen LogP contribution in [0.4, 0.5) is 0 Å². The van der Waals surface area contributed by atoms with E-state index in [0.717, 1.165) is 51.6 Å². The Morgan fingerprint density at radius 3 is 2.50 bits per heavy atom. The molecule has 4 heteroatoms. The van der Waals surface area contributed by atoms with Crippen LogP contribution >= 0.6 is 0 Å². The Morgan fingerprint density at radius 2 is 1.85 bits per heavy atom. The summed E-state index contributed by atoms with van der Waals surface area (Å²) >= 11 is 0. The molecular formula is C16H26N2O2. The lowest BCUT2D eigenvalue weighted by molar-refractivity contribution is -0.142. The van der Waals surface area contributed by atoms with Crippen molar-refractivity contribution in [2.24, 2.45) is 11.3 Å². The highest BCUT2D eigenvalue weighted by atomic mass is 16.2. The number of rotatable bonds is 2. The van der Waals surface area contributed by atoms with Crippen LogP contribution in [0.2, 0.25) is 0 Å². The van der Waals surface area contributed by atoms with E-state index < -0.39 is 0 Å². The Morgan fingerprint density at radius 1 is 1.10 bits per heavy atom. The maximum absolute atomic E-state index is 12.8. The quantitative estimate of drug-likeness (QED) is 0.787. The monoisotopic (exact) mass is 278 g/mol. The van der Waals surface area contributed by atoms with Crippen LogP contribution in [0.15, 0.2) is 0 Å². The van der Waals surface area contributed by atoms with Crippen LogP contribution in [0.3, 0.4) is 0 Å². The van der Waals surface area contributed by atoms with Gasteiger partial charge in [-0.25, -0.2) is 0 Å². The summed E-state index contributed by atoms with van der Waals surface area (Å²) in [6.45, 7) is 2.67. The van der Waals surface area contributed by atoms with Crippen LogP contribution in [-0.2, 0) is 9.59 Å². The van der Waals surface area contributed by atoms with Gasteiger partial charge in [0.25, 0.3) is 0 Å². The van der Waals surface area contributed by atoms with Crippen molar-refractivity contribution in [2.75, 3.05) is 19.6 Å². The fourth-order valence-corrected chi connectivity index (χ4v) is 4.18. The third kappa shape index (κ3) is 2.62. The summed E-state index contributed by atoms with van der Waals surface area (Å²) in [5.74, 6) is 0.690. The molecule has 1 unspecified atom stereocenters. The Bertz CT molecular complexity index is 380. The topological polar surface area (TPSA) is 49.4 Å². The molecule has 0 radical (unpaired) electrons. The fourth-order valence-electron chi connectivity index (χ4n) is 4.18. The van der Waals surface area contributed by atoms with Gasteiger partial charge in [0.05, 0.1) is 5.41 Å². The predicted octanol–water partition coefficient (Wildman–Crippen LogP) is 2.09. The van der Waals surface area contributed by atoms with E-state index in [1.807, 2.05) is 0 Å². The number of carbonyl (C=O) groups is 2. The minimum absolute atomic E-state index is 0.0856. The first-order valence-electron chi connectivity index (χ1n) is 8.27. The molecule has 3 aliphatic rings. The Kier molecular flexibility index (Phi) is 4.11. The van der Waals surface area contributed by atoms with Crippen molar-refractivity contribution >= 4 is 11.8 Å². The van der Waals surface area contributed by atoms with Crippen LogP contribution in [-0.4, -0.2) is 36.3 Å². The van der Waals surface area contributed by atoms with Gasteiger partial charge in [-0.05, 0) is 44.7 Å². The Balaban J connectivity index is 1.69. The number of hydrogen-bond acceptors (Lipinski definition) is 3. The number of nitrogens with zero attached hydrogens (tertiary/aromatic N) is 1. The molecule has 1 aliphatic carbocycles. The van der Waals surface area contributed by atoms with Crippen LogP contribution in [0.5, 0.6) is 0 Å². The molecule has 2 aliphatic heterocycles. The third-order valence-corrected chi connectivity index (χ3v) is 5.39. The van der Waals surface area contributed by atoms with E-state index in [0.29, 0.717) is 18.9 Å². The zero-order valence-corrected chi connectivity index (χ0v) is 12.3. The lowest BCUT2D eigenvalue weighted by Crippen LogP contribution is -2.42. The van der Waals surface area contributed by atoms with Gasteiger partial charge in [-0.3, -0.25) is 14.5 Å². The third-order valence-electron chi connectivity index (χ3n) is 5.39. The maximum Gasteiger partial charge on any atom is 0.235 e. The SMILES string of the molecule is O=C1CC2(CCCCCC2)C(=O)N1CC1CCCNC1. The smallest absolute Gasteiger partial charge is 0.235 e. The van der Waals surface area contributed by atoms with Crippen LogP contribution in [0.25, 0.3) is 0 Å². The van der Waals surface area contributed by atoms with Gasteiger partial charge in [0.1, 0.15) is 0 Å². The normalized spacial score (nSPS) is 30.8. The lowest BCUT2D eigenvalue weighted by Gasteiger charge is -2.29. The molecule has 0 aromatic rings. The first kappa shape index (κ1) is 14.1. The van der Waals surface area contributed by atoms with E-state index in [1.165, 1.54) is 12.8 Å². The molecule has 3 rings (SSSR count). The molecule has 3 fully saturated rings. The van der Waals surface area contributed by atoms with Crippen molar-refractivity contribution in [3.63, 3.8) is 0 Å². The molecule has 2 heterocycles. The summed E-state index contributed by atoms with van der Waals surface area (Å²) in [4.78, 5) is 26.7. The predicted molar refractivity (Wildman–Crippen MR) is 77.1 cm³/mol. The van der Waals surface area contributed by atoms with Crippen molar-refractivity contribution in [1.29, 1.82) is 0 Å². The lowest BCUT2D eigenvalue weighted by atomic mass is 9.79. The van der Waals surface area contributed by atoms with Gasteiger partial charge in [0.15, 0.2) is 0 Å². The van der Waals surface area contributed by atoms with Gasteiger partial charge in [-0.1, -0.05) is 25.7 Å². The van der Waals surface area contributed by atoms with Gasteiger partial charge in [-0.2, -0.15) is 0 Å². The first-order valence-corrected chi connectivity index (χ1v) is 8.27. The van der Waals surface area contributed by atoms with Crippen molar-refractivity contribution in [3.05, 3.63) is 0 Å². The molecule has 2 amide bonds. The highest BCUT2D eigenvalue weighted by Crippen LogP contribution is 2.44. The highest BCUT2D eigenvalue weighted by Gasteiger charge is 2.51. The molecule has 1 spiro atoms. The first-order chi connectivity index (χ1) is 9.71. The van der Waals surface area contributed by atoms with E-state index in [2.05, 4.69) is 5.32 Å². The van der Waals surface area contributed by atoms with Gasteiger partial charge in [0, 0.05) is 13.0 Å². The van der Waals surface area contributed by atoms with Gasteiger partial charge < -0.3 is 5.32 Å². The fraction of sp³-hybridized carbons (Fsp3) is 0.875. The van der Waals surface area contributed by atoms with E-state index in [-0.39, 0.29) is 17.2 Å². The van der Waals surface area contributed by atoms with Crippen LogP contribution in [0, 0.1) is 11.3 Å². The summed E-state index contributed by atoms with van der Waals surface area (Å²) in [7, 11) is 0. The average Bonchev–Trinajstić information content (AvgIpc) is 2.65. The number of hydrogen-bond donors (Lipinski definition) is 1. The molecule has 1 N–H and O–H groups in total. The van der Waals surface area contributed by atoms with Gasteiger partial charge in [0.2, 0.25) is 11.8 Å². The van der Waals surface area contributed by atoms with Crippen molar-refractivity contribution in [1.82, 2.24) is 10.2 Å². The second-order valence-corrected chi connectivity index (χ2v) is 6.89. The standard InChI is InChI=1S/C16H26N2O2/c19-14-10-16(7-3-1-2-4-8-16)15(20)18(14)12-13-6-5-9-17-11-13/h13,17H,1-12H2. The molecule has 1 saturated carbocycles. The zero-order chi connectivity index (χ0) is 14.0. The van der Waals surface area contributed by atoms with Gasteiger partial charge in [-0.15, -0.1) is 0 Å². The van der Waals surface area contributed by atoms with Crippen molar-refractivity contribution in [3.8, 4) is 0 Å². The van der Waals surface area contributed by atoms with Gasteiger partial charge >= 0.3 is 0 Å². The summed E-state index contributed by atoms with van der Waals surface area (Å²) in [6, 6.07) is 0.